The Morgan fingerprint density at radius 1 is 1.33 bits per heavy atom. The molecular weight excluding hydrogens is 310 g/mol. The van der Waals surface area contributed by atoms with E-state index in [1.165, 1.54) is 5.56 Å². The van der Waals surface area contributed by atoms with Crippen molar-refractivity contribution in [1.29, 1.82) is 0 Å². The van der Waals surface area contributed by atoms with Gasteiger partial charge in [0.05, 0.1) is 13.2 Å². The fourth-order valence-corrected chi connectivity index (χ4v) is 2.60. The summed E-state index contributed by atoms with van der Waals surface area (Å²) in [6, 6.07) is 7.39. The zero-order valence-corrected chi connectivity index (χ0v) is 13.9. The lowest BCUT2D eigenvalue weighted by Crippen LogP contribution is -2.45. The summed E-state index contributed by atoms with van der Waals surface area (Å²) in [6.45, 7) is 5.09. The summed E-state index contributed by atoms with van der Waals surface area (Å²) in [5.41, 5.74) is 1.23. The van der Waals surface area contributed by atoms with Crippen LogP contribution in [0.15, 0.2) is 28.7 Å². The van der Waals surface area contributed by atoms with Crippen LogP contribution in [-0.2, 0) is 16.0 Å². The summed E-state index contributed by atoms with van der Waals surface area (Å²) >= 11 is 0. The quantitative estimate of drug-likeness (QED) is 0.833. The molecule has 1 saturated heterocycles. The van der Waals surface area contributed by atoms with E-state index in [9.17, 15) is 4.79 Å². The number of carbonyl (C=O) groups excluding carboxylic acids is 1. The molecule has 0 bridgehead atoms. The Morgan fingerprint density at radius 3 is 2.79 bits per heavy atom. The molecule has 1 amide bonds. The van der Waals surface area contributed by atoms with Crippen molar-refractivity contribution in [1.82, 2.24) is 15.1 Å². The Morgan fingerprint density at radius 2 is 2.12 bits per heavy atom. The van der Waals surface area contributed by atoms with Gasteiger partial charge in [0.15, 0.2) is 6.61 Å². The fraction of sp³-hybridized carbons (Fsp3) is 0.471. The van der Waals surface area contributed by atoms with Crippen LogP contribution in [0.4, 0.5) is 0 Å². The van der Waals surface area contributed by atoms with E-state index in [0.29, 0.717) is 37.3 Å². The molecule has 1 aliphatic heterocycles. The van der Waals surface area contributed by atoms with E-state index in [4.69, 9.17) is 13.9 Å². The van der Waals surface area contributed by atoms with E-state index in [1.807, 2.05) is 24.3 Å². The van der Waals surface area contributed by atoms with Crippen LogP contribution >= 0.6 is 0 Å². The van der Waals surface area contributed by atoms with E-state index >= 15 is 0 Å². The van der Waals surface area contributed by atoms with Gasteiger partial charge < -0.3 is 18.8 Å². The molecule has 1 aromatic carbocycles. The minimum Gasteiger partial charge on any atom is -0.484 e. The monoisotopic (exact) mass is 331 g/mol. The molecule has 0 radical (unpaired) electrons. The number of aromatic nitrogens is 2. The van der Waals surface area contributed by atoms with E-state index in [2.05, 4.69) is 17.1 Å². The summed E-state index contributed by atoms with van der Waals surface area (Å²) in [5.74, 6) is 1.42. The first-order valence-electron chi connectivity index (χ1n) is 8.06. The molecule has 7 nitrogen and oxygen atoms in total. The molecule has 0 spiro atoms. The first-order valence-corrected chi connectivity index (χ1v) is 8.06. The molecule has 0 N–H and O–H groups in total. The van der Waals surface area contributed by atoms with E-state index < -0.39 is 0 Å². The highest BCUT2D eigenvalue weighted by atomic mass is 16.5. The van der Waals surface area contributed by atoms with Crippen molar-refractivity contribution in [3.8, 4) is 5.75 Å². The van der Waals surface area contributed by atoms with Gasteiger partial charge in [-0.2, -0.15) is 0 Å². The second-order valence-corrected chi connectivity index (χ2v) is 5.62. The zero-order chi connectivity index (χ0) is 16.9. The average molecular weight is 331 g/mol. The first kappa shape index (κ1) is 16.4. The van der Waals surface area contributed by atoms with Gasteiger partial charge in [0.25, 0.3) is 5.91 Å². The Bertz CT molecular complexity index is 683. The average Bonchev–Trinajstić information content (AvgIpc) is 3.06. The Kier molecular flexibility index (Phi) is 5.10. The van der Waals surface area contributed by atoms with Gasteiger partial charge in [-0.3, -0.25) is 4.79 Å². The van der Waals surface area contributed by atoms with Crippen LogP contribution in [0.3, 0.4) is 0 Å². The molecule has 1 atom stereocenters. The van der Waals surface area contributed by atoms with Crippen LogP contribution < -0.4 is 4.74 Å². The maximum Gasteiger partial charge on any atom is 0.261 e. The standard InChI is InChI=1S/C17H21N3O4/c1-3-13-4-6-14(7-5-13)23-11-16(21)20-8-9-22-10-15(20)17-19-18-12(2)24-17/h4-7,15H,3,8-11H2,1-2H3/t15-/m0/s1. The number of hydrogen-bond donors (Lipinski definition) is 0. The van der Waals surface area contributed by atoms with Gasteiger partial charge in [0, 0.05) is 13.5 Å². The highest BCUT2D eigenvalue weighted by molar-refractivity contribution is 5.78. The molecule has 128 valence electrons. The van der Waals surface area contributed by atoms with E-state index in [0.717, 1.165) is 6.42 Å². The minimum atomic E-state index is -0.362. The molecule has 3 rings (SSSR count). The number of carbonyl (C=O) groups is 1. The molecule has 1 fully saturated rings. The van der Waals surface area contributed by atoms with E-state index in [1.54, 1.807) is 11.8 Å². The second-order valence-electron chi connectivity index (χ2n) is 5.62. The van der Waals surface area contributed by atoms with Crippen LogP contribution in [0.1, 0.15) is 30.3 Å². The summed E-state index contributed by atoms with van der Waals surface area (Å²) in [6.07, 6.45) is 0.971. The Labute approximate surface area is 140 Å². The van der Waals surface area contributed by atoms with Crippen molar-refractivity contribution >= 4 is 5.91 Å². The second kappa shape index (κ2) is 7.44. The van der Waals surface area contributed by atoms with Gasteiger partial charge in [0.2, 0.25) is 11.8 Å². The van der Waals surface area contributed by atoms with Gasteiger partial charge in [-0.15, -0.1) is 10.2 Å². The van der Waals surface area contributed by atoms with Crippen molar-refractivity contribution in [2.24, 2.45) is 0 Å². The number of nitrogens with zero attached hydrogens (tertiary/aromatic N) is 3. The predicted molar refractivity (Wildman–Crippen MR) is 85.6 cm³/mol. The highest BCUT2D eigenvalue weighted by Gasteiger charge is 2.32. The predicted octanol–water partition coefficient (Wildman–Crippen LogP) is 1.92. The lowest BCUT2D eigenvalue weighted by Gasteiger charge is -2.33. The van der Waals surface area contributed by atoms with Crippen LogP contribution in [0.5, 0.6) is 5.75 Å². The molecule has 1 aromatic heterocycles. The van der Waals surface area contributed by atoms with Crippen molar-refractivity contribution in [3.05, 3.63) is 41.6 Å². The van der Waals surface area contributed by atoms with Crippen LogP contribution in [-0.4, -0.2) is 47.4 Å². The molecule has 24 heavy (non-hydrogen) atoms. The molecule has 7 heteroatoms. The van der Waals surface area contributed by atoms with Crippen molar-refractivity contribution in [3.63, 3.8) is 0 Å². The summed E-state index contributed by atoms with van der Waals surface area (Å²) in [4.78, 5) is 14.2. The number of aryl methyl sites for hydroxylation is 2. The third-order valence-corrected chi connectivity index (χ3v) is 3.97. The number of morpholine rings is 1. The van der Waals surface area contributed by atoms with Crippen LogP contribution in [0.25, 0.3) is 0 Å². The maximum absolute atomic E-state index is 12.5. The molecular formula is C17H21N3O4. The third-order valence-electron chi connectivity index (χ3n) is 3.97. The van der Waals surface area contributed by atoms with Crippen LogP contribution in [0, 0.1) is 6.92 Å². The Balaban J connectivity index is 1.63. The molecule has 2 heterocycles. The number of benzene rings is 1. The highest BCUT2D eigenvalue weighted by Crippen LogP contribution is 2.23. The fourth-order valence-electron chi connectivity index (χ4n) is 2.60. The summed E-state index contributed by atoms with van der Waals surface area (Å²) in [5, 5.41) is 7.83. The number of rotatable bonds is 5. The third kappa shape index (κ3) is 3.73. The lowest BCUT2D eigenvalue weighted by molar-refractivity contribution is -0.143. The number of ether oxygens (including phenoxy) is 2. The lowest BCUT2D eigenvalue weighted by atomic mass is 10.2. The van der Waals surface area contributed by atoms with Gasteiger partial charge >= 0.3 is 0 Å². The van der Waals surface area contributed by atoms with E-state index in [-0.39, 0.29) is 18.6 Å². The van der Waals surface area contributed by atoms with Gasteiger partial charge in [-0.1, -0.05) is 19.1 Å². The van der Waals surface area contributed by atoms with Crippen LogP contribution in [0.2, 0.25) is 0 Å². The first-order chi connectivity index (χ1) is 11.7. The van der Waals surface area contributed by atoms with Gasteiger partial charge in [-0.25, -0.2) is 0 Å². The summed E-state index contributed by atoms with van der Waals surface area (Å²) in [7, 11) is 0. The minimum absolute atomic E-state index is 0.0326. The SMILES string of the molecule is CCc1ccc(OCC(=O)N2CCOC[C@H]2c2nnc(C)o2)cc1. The molecule has 1 aliphatic rings. The van der Waals surface area contributed by atoms with Crippen molar-refractivity contribution < 1.29 is 18.7 Å². The topological polar surface area (TPSA) is 77.7 Å². The van der Waals surface area contributed by atoms with Gasteiger partial charge in [-0.05, 0) is 24.1 Å². The Hall–Kier alpha value is -2.41. The smallest absolute Gasteiger partial charge is 0.261 e. The molecule has 0 unspecified atom stereocenters. The maximum atomic E-state index is 12.5. The van der Waals surface area contributed by atoms with Crippen molar-refractivity contribution in [2.75, 3.05) is 26.4 Å². The molecule has 0 saturated carbocycles. The normalized spacial score (nSPS) is 17.8. The van der Waals surface area contributed by atoms with Crippen molar-refractivity contribution in [2.45, 2.75) is 26.3 Å². The number of hydrogen-bond acceptors (Lipinski definition) is 6. The number of amides is 1. The summed E-state index contributed by atoms with van der Waals surface area (Å²) < 4.78 is 16.5. The van der Waals surface area contributed by atoms with Gasteiger partial charge in [0.1, 0.15) is 11.8 Å². The largest absolute Gasteiger partial charge is 0.484 e. The zero-order valence-electron chi connectivity index (χ0n) is 13.9. The molecule has 2 aromatic rings. The molecule has 0 aliphatic carbocycles.